The van der Waals surface area contributed by atoms with E-state index in [1.807, 2.05) is 0 Å². The average Bonchev–Trinajstić information content (AvgIpc) is 2.36. The molecular weight excluding hydrogens is 152 g/mol. The second-order valence-corrected chi connectivity index (χ2v) is 2.35. The van der Waals surface area contributed by atoms with Gasteiger partial charge in [-0.3, -0.25) is 0 Å². The van der Waals surface area contributed by atoms with Gasteiger partial charge in [0.15, 0.2) is 0 Å². The van der Waals surface area contributed by atoms with Crippen molar-refractivity contribution in [2.24, 2.45) is 0 Å². The molecular formula is C5H4N2O2S. The molecule has 0 aliphatic rings. The first-order chi connectivity index (χ1) is 4.72. The molecule has 0 unspecified atom stereocenters. The van der Waals surface area contributed by atoms with Crippen molar-refractivity contribution in [3.63, 3.8) is 0 Å². The summed E-state index contributed by atoms with van der Waals surface area (Å²) in [7, 11) is 0. The summed E-state index contributed by atoms with van der Waals surface area (Å²) in [4.78, 5) is 10.7. The molecule has 0 aromatic carbocycles. The summed E-state index contributed by atoms with van der Waals surface area (Å²) >= 11 is 1.02. The minimum absolute atomic E-state index is 0.0370. The quantitative estimate of drug-likeness (QED) is 0.638. The molecule has 0 atom stereocenters. The van der Waals surface area contributed by atoms with E-state index in [1.165, 1.54) is 6.20 Å². The third-order valence-corrected chi connectivity index (χ3v) is 1.64. The Morgan fingerprint density at radius 1 is 1.80 bits per heavy atom. The largest absolute Gasteiger partial charge is 0.478 e. The number of carboxylic acids is 1. The van der Waals surface area contributed by atoms with Gasteiger partial charge in [0.25, 0.3) is 0 Å². The topological polar surface area (TPSA) is 63.1 Å². The Hall–Kier alpha value is -1.23. The van der Waals surface area contributed by atoms with Crippen molar-refractivity contribution >= 4 is 23.1 Å². The molecule has 1 aromatic rings. The van der Waals surface area contributed by atoms with Gasteiger partial charge in [-0.15, -0.1) is 5.10 Å². The molecule has 5 heteroatoms. The zero-order chi connectivity index (χ0) is 7.56. The number of rotatable bonds is 2. The second kappa shape index (κ2) is 2.57. The summed E-state index contributed by atoms with van der Waals surface area (Å²) in [6.07, 6.45) is 1.38. The maximum absolute atomic E-state index is 10.2. The Kier molecular flexibility index (Phi) is 1.77. The Morgan fingerprint density at radius 2 is 2.50 bits per heavy atom. The minimum atomic E-state index is -1.04. The van der Waals surface area contributed by atoms with Crippen LogP contribution < -0.4 is 0 Å². The van der Waals surface area contributed by atoms with Gasteiger partial charge in [0.05, 0.1) is 16.6 Å². The van der Waals surface area contributed by atoms with Crippen LogP contribution in [0.2, 0.25) is 0 Å². The number of hydrogen-bond donors (Lipinski definition) is 1. The zero-order valence-electron chi connectivity index (χ0n) is 4.94. The summed E-state index contributed by atoms with van der Waals surface area (Å²) in [5.41, 5.74) is 0.0370. The minimum Gasteiger partial charge on any atom is -0.478 e. The zero-order valence-corrected chi connectivity index (χ0v) is 5.76. The van der Waals surface area contributed by atoms with Crippen molar-refractivity contribution in [3.05, 3.63) is 17.7 Å². The van der Waals surface area contributed by atoms with Gasteiger partial charge in [-0.2, -0.15) is 0 Å². The molecule has 1 aromatic heterocycles. The number of hydrogen-bond acceptors (Lipinski definition) is 4. The molecule has 0 bridgehead atoms. The first-order valence-electron chi connectivity index (χ1n) is 2.41. The van der Waals surface area contributed by atoms with Crippen LogP contribution in [0.15, 0.2) is 12.8 Å². The van der Waals surface area contributed by atoms with Gasteiger partial charge >= 0.3 is 5.97 Å². The molecule has 4 nitrogen and oxygen atoms in total. The third kappa shape index (κ3) is 1.19. The van der Waals surface area contributed by atoms with E-state index in [4.69, 9.17) is 5.11 Å². The Balaban J connectivity index is 2.88. The molecule has 0 aliphatic carbocycles. The highest BCUT2D eigenvalue weighted by Gasteiger charge is 2.08. The van der Waals surface area contributed by atoms with Crippen LogP contribution in [0.4, 0.5) is 0 Å². The molecule has 0 saturated heterocycles. The van der Waals surface area contributed by atoms with E-state index < -0.39 is 5.97 Å². The maximum atomic E-state index is 10.2. The lowest BCUT2D eigenvalue weighted by Crippen LogP contribution is -1.95. The van der Waals surface area contributed by atoms with Crippen LogP contribution >= 0.6 is 11.5 Å². The van der Waals surface area contributed by atoms with Gasteiger partial charge in [0, 0.05) is 0 Å². The maximum Gasteiger partial charge on any atom is 0.336 e. The van der Waals surface area contributed by atoms with Crippen molar-refractivity contribution in [2.75, 3.05) is 0 Å². The van der Waals surface area contributed by atoms with Crippen LogP contribution in [0.1, 0.15) is 4.88 Å². The van der Waals surface area contributed by atoms with Crippen LogP contribution in [0, 0.1) is 0 Å². The monoisotopic (exact) mass is 156 g/mol. The molecule has 0 spiro atoms. The molecule has 1 heterocycles. The average molecular weight is 156 g/mol. The lowest BCUT2D eigenvalue weighted by atomic mass is 10.3. The summed E-state index contributed by atoms with van der Waals surface area (Å²) in [5.74, 6) is -1.04. The first kappa shape index (κ1) is 6.88. The Morgan fingerprint density at radius 3 is 2.90 bits per heavy atom. The van der Waals surface area contributed by atoms with Crippen LogP contribution in [-0.2, 0) is 4.79 Å². The number of aliphatic carboxylic acids is 1. The van der Waals surface area contributed by atoms with Crippen molar-refractivity contribution in [2.45, 2.75) is 0 Å². The lowest BCUT2D eigenvalue weighted by Gasteiger charge is -1.89. The lowest BCUT2D eigenvalue weighted by molar-refractivity contribution is -0.130. The number of nitrogens with zero attached hydrogens (tertiary/aromatic N) is 2. The number of aromatic nitrogens is 2. The van der Waals surface area contributed by atoms with E-state index in [0.29, 0.717) is 4.88 Å². The molecule has 0 amide bonds. The highest BCUT2D eigenvalue weighted by molar-refractivity contribution is 7.07. The van der Waals surface area contributed by atoms with E-state index in [2.05, 4.69) is 16.2 Å². The molecule has 1 rings (SSSR count). The van der Waals surface area contributed by atoms with Gasteiger partial charge in [-0.05, 0) is 11.5 Å². The summed E-state index contributed by atoms with van der Waals surface area (Å²) in [6, 6.07) is 0. The summed E-state index contributed by atoms with van der Waals surface area (Å²) < 4.78 is 3.49. The van der Waals surface area contributed by atoms with Gasteiger partial charge in [0.2, 0.25) is 0 Å². The molecule has 0 radical (unpaired) electrons. The highest BCUT2D eigenvalue weighted by Crippen LogP contribution is 2.13. The standard InChI is InChI=1S/C5H4N2O2S/c1-3(5(8)9)4-2-6-7-10-4/h2H,1H2,(H,8,9). The van der Waals surface area contributed by atoms with Crippen LogP contribution in [0.5, 0.6) is 0 Å². The smallest absolute Gasteiger partial charge is 0.336 e. The highest BCUT2D eigenvalue weighted by atomic mass is 32.1. The SMILES string of the molecule is C=C(C(=O)O)c1cnns1. The van der Waals surface area contributed by atoms with Crippen molar-refractivity contribution < 1.29 is 9.90 Å². The van der Waals surface area contributed by atoms with Crippen LogP contribution in [0.3, 0.4) is 0 Å². The van der Waals surface area contributed by atoms with Crippen molar-refractivity contribution in [1.82, 2.24) is 9.59 Å². The van der Waals surface area contributed by atoms with Crippen LogP contribution in [-0.4, -0.2) is 20.7 Å². The normalized spacial score (nSPS) is 9.20. The molecule has 52 valence electrons. The van der Waals surface area contributed by atoms with E-state index in [-0.39, 0.29) is 5.57 Å². The number of carbonyl (C=O) groups is 1. The summed E-state index contributed by atoms with van der Waals surface area (Å²) in [6.45, 7) is 3.33. The van der Waals surface area contributed by atoms with Gasteiger partial charge < -0.3 is 5.11 Å². The molecule has 10 heavy (non-hydrogen) atoms. The van der Waals surface area contributed by atoms with Crippen LogP contribution in [0.25, 0.3) is 5.57 Å². The van der Waals surface area contributed by atoms with E-state index in [0.717, 1.165) is 11.5 Å². The third-order valence-electron chi connectivity index (χ3n) is 0.917. The number of carboxylic acid groups (broad SMARTS) is 1. The fraction of sp³-hybridized carbons (Fsp3) is 0. The molecule has 0 aliphatic heterocycles. The Bertz CT molecular complexity index is 255. The van der Waals surface area contributed by atoms with Gasteiger partial charge in [-0.1, -0.05) is 11.1 Å². The van der Waals surface area contributed by atoms with Gasteiger partial charge in [-0.25, -0.2) is 4.79 Å². The van der Waals surface area contributed by atoms with E-state index in [1.54, 1.807) is 0 Å². The second-order valence-electron chi connectivity index (χ2n) is 1.57. The fourth-order valence-corrected chi connectivity index (χ4v) is 0.880. The van der Waals surface area contributed by atoms with E-state index >= 15 is 0 Å². The van der Waals surface area contributed by atoms with E-state index in [9.17, 15) is 4.79 Å². The predicted molar refractivity (Wildman–Crippen MR) is 36.6 cm³/mol. The first-order valence-corrected chi connectivity index (χ1v) is 3.19. The Labute approximate surface area is 61.0 Å². The fourth-order valence-electron chi connectivity index (χ4n) is 0.406. The van der Waals surface area contributed by atoms with Crippen molar-refractivity contribution in [3.8, 4) is 0 Å². The molecule has 0 saturated carbocycles. The molecule has 0 fully saturated rings. The summed E-state index contributed by atoms with van der Waals surface area (Å²) in [5, 5.41) is 11.9. The predicted octanol–water partition coefficient (Wildman–Crippen LogP) is 0.636. The van der Waals surface area contributed by atoms with Gasteiger partial charge in [0.1, 0.15) is 0 Å². The molecule has 1 N–H and O–H groups in total. The van der Waals surface area contributed by atoms with Crippen molar-refractivity contribution in [1.29, 1.82) is 0 Å².